The number of fused-ring (bicyclic) bond motifs is 2. The first-order valence-corrected chi connectivity index (χ1v) is 11.2. The number of nitrogens with one attached hydrogen (secondary N) is 1. The molecule has 0 radical (unpaired) electrons. The maximum atomic E-state index is 12.8. The van der Waals surface area contributed by atoms with E-state index in [4.69, 9.17) is 4.74 Å². The average Bonchev–Trinajstić information content (AvgIpc) is 3.36. The number of anilines is 1. The second kappa shape index (κ2) is 9.34. The van der Waals surface area contributed by atoms with Crippen molar-refractivity contribution in [2.75, 3.05) is 11.9 Å². The summed E-state index contributed by atoms with van der Waals surface area (Å²) in [5, 5.41) is 3.07. The molecule has 5 rings (SSSR count). The number of hydrogen-bond donors (Lipinski definition) is 1. The average molecular weight is 467 g/mol. The maximum absolute atomic E-state index is 12.8. The zero-order valence-corrected chi connectivity index (χ0v) is 18.7. The van der Waals surface area contributed by atoms with Gasteiger partial charge < -0.3 is 10.1 Å². The minimum atomic E-state index is -0.710. The quantitative estimate of drug-likeness (QED) is 0.344. The molecule has 1 aliphatic rings. The molecule has 2 heterocycles. The van der Waals surface area contributed by atoms with Crippen molar-refractivity contribution < 1.29 is 19.1 Å². The Morgan fingerprint density at radius 1 is 0.943 bits per heavy atom. The van der Waals surface area contributed by atoms with Crippen LogP contribution in [0.5, 0.6) is 0 Å². The van der Waals surface area contributed by atoms with E-state index in [1.807, 2.05) is 6.07 Å². The van der Waals surface area contributed by atoms with Gasteiger partial charge in [-0.15, -0.1) is 0 Å². The lowest BCUT2D eigenvalue weighted by molar-refractivity contribution is -0.119. The van der Waals surface area contributed by atoms with Crippen LogP contribution < -0.4 is 10.9 Å². The maximum Gasteiger partial charge on any atom is 0.338 e. The molecular formula is C27H21N3O5. The number of aryl methyl sites for hydroxylation is 1. The predicted octanol–water partition coefficient (Wildman–Crippen LogP) is 3.37. The van der Waals surface area contributed by atoms with Crippen molar-refractivity contribution in [3.8, 4) is 0 Å². The first-order chi connectivity index (χ1) is 17.0. The van der Waals surface area contributed by atoms with Gasteiger partial charge in [0.1, 0.15) is 5.82 Å². The number of nitrogens with zero attached hydrogens (tertiary/aromatic N) is 2. The molecule has 1 aromatic heterocycles. The molecule has 0 bridgehead atoms. The Bertz CT molecular complexity index is 1530. The number of ketones is 1. The van der Waals surface area contributed by atoms with Crippen molar-refractivity contribution >= 4 is 34.3 Å². The summed E-state index contributed by atoms with van der Waals surface area (Å²) in [6, 6.07) is 19.9. The third kappa shape index (κ3) is 4.46. The van der Waals surface area contributed by atoms with Crippen molar-refractivity contribution in [3.05, 3.63) is 106 Å². The molecule has 174 valence electrons. The number of esters is 1. The Morgan fingerprint density at radius 3 is 2.54 bits per heavy atom. The third-order valence-corrected chi connectivity index (χ3v) is 5.87. The van der Waals surface area contributed by atoms with Crippen molar-refractivity contribution in [3.63, 3.8) is 0 Å². The van der Waals surface area contributed by atoms with Crippen LogP contribution in [0.25, 0.3) is 10.9 Å². The minimum Gasteiger partial charge on any atom is -0.452 e. The summed E-state index contributed by atoms with van der Waals surface area (Å²) in [6.07, 6.45) is 1.58. The highest BCUT2D eigenvalue weighted by Gasteiger charge is 2.19. The molecule has 1 amide bonds. The van der Waals surface area contributed by atoms with Crippen LogP contribution in [0.15, 0.2) is 77.6 Å². The topological polar surface area (TPSA) is 107 Å². The van der Waals surface area contributed by atoms with E-state index in [9.17, 15) is 19.2 Å². The summed E-state index contributed by atoms with van der Waals surface area (Å²) in [6.45, 7) is 0.112. The molecule has 35 heavy (non-hydrogen) atoms. The van der Waals surface area contributed by atoms with E-state index in [0.29, 0.717) is 46.5 Å². The van der Waals surface area contributed by atoms with Crippen LogP contribution in [0, 0.1) is 0 Å². The van der Waals surface area contributed by atoms with Crippen LogP contribution >= 0.6 is 0 Å². The van der Waals surface area contributed by atoms with Crippen LogP contribution in [0.3, 0.4) is 0 Å². The number of ether oxygens (including phenoxy) is 1. The Balaban J connectivity index is 1.27. The Labute approximate surface area is 200 Å². The van der Waals surface area contributed by atoms with E-state index in [1.54, 1.807) is 59.2 Å². The summed E-state index contributed by atoms with van der Waals surface area (Å²) in [4.78, 5) is 55.0. The summed E-state index contributed by atoms with van der Waals surface area (Å²) < 4.78 is 6.83. The van der Waals surface area contributed by atoms with E-state index >= 15 is 0 Å². The molecule has 0 aliphatic carbocycles. The van der Waals surface area contributed by atoms with E-state index < -0.39 is 18.5 Å². The zero-order chi connectivity index (χ0) is 24.4. The second-order valence-electron chi connectivity index (χ2n) is 8.19. The van der Waals surface area contributed by atoms with Gasteiger partial charge >= 0.3 is 5.97 Å². The molecule has 0 saturated heterocycles. The number of benzene rings is 3. The molecular weight excluding hydrogens is 446 g/mol. The molecule has 3 aromatic carbocycles. The molecule has 0 spiro atoms. The van der Waals surface area contributed by atoms with Crippen molar-refractivity contribution in [1.29, 1.82) is 0 Å². The molecule has 0 saturated carbocycles. The van der Waals surface area contributed by atoms with Gasteiger partial charge in [-0.3, -0.25) is 19.0 Å². The molecule has 0 fully saturated rings. The SMILES string of the molecule is O=C(COC(=O)c1ccc2c(=O)n3c(nc2c1)CCC3)Nc1ccccc1C(=O)c1ccccc1. The molecule has 4 aromatic rings. The lowest BCUT2D eigenvalue weighted by Gasteiger charge is -2.11. The van der Waals surface area contributed by atoms with Crippen molar-refractivity contribution in [1.82, 2.24) is 9.55 Å². The normalized spacial score (nSPS) is 12.2. The van der Waals surface area contributed by atoms with Crippen molar-refractivity contribution in [2.45, 2.75) is 19.4 Å². The van der Waals surface area contributed by atoms with Gasteiger partial charge in [0.15, 0.2) is 12.4 Å². The standard InChI is InChI=1S/C27H21N3O5/c31-24(29-21-10-5-4-9-19(21)25(32)17-7-2-1-3-8-17)16-35-27(34)18-12-13-20-22(15-18)28-23-11-6-14-30(23)26(20)33/h1-5,7-10,12-13,15H,6,11,14,16H2,(H,29,31). The Morgan fingerprint density at radius 2 is 1.71 bits per heavy atom. The van der Waals surface area contributed by atoms with Crippen LogP contribution in [0.2, 0.25) is 0 Å². The Kier molecular flexibility index (Phi) is 5.93. The molecule has 1 aliphatic heterocycles. The number of hydrogen-bond acceptors (Lipinski definition) is 6. The fourth-order valence-corrected chi connectivity index (χ4v) is 4.15. The molecule has 1 N–H and O–H groups in total. The fraction of sp³-hybridized carbons (Fsp3) is 0.148. The highest BCUT2D eigenvalue weighted by atomic mass is 16.5. The van der Waals surface area contributed by atoms with Crippen LogP contribution in [0.4, 0.5) is 5.69 Å². The summed E-state index contributed by atoms with van der Waals surface area (Å²) in [5.41, 5.74) is 1.65. The number of carbonyl (C=O) groups excluding carboxylic acids is 3. The lowest BCUT2D eigenvalue weighted by atomic mass is 10.0. The second-order valence-corrected chi connectivity index (χ2v) is 8.19. The van der Waals surface area contributed by atoms with Gasteiger partial charge in [0, 0.05) is 24.1 Å². The van der Waals surface area contributed by atoms with Crippen LogP contribution in [-0.2, 0) is 22.5 Å². The first kappa shape index (κ1) is 22.2. The zero-order valence-electron chi connectivity index (χ0n) is 18.7. The summed E-state index contributed by atoms with van der Waals surface area (Å²) in [5.74, 6) is -0.819. The van der Waals surface area contributed by atoms with E-state index in [2.05, 4.69) is 10.3 Å². The molecule has 0 unspecified atom stereocenters. The van der Waals surface area contributed by atoms with Gasteiger partial charge in [-0.05, 0) is 36.8 Å². The summed E-state index contributed by atoms with van der Waals surface area (Å²) >= 11 is 0. The smallest absolute Gasteiger partial charge is 0.338 e. The number of para-hydroxylation sites is 1. The highest BCUT2D eigenvalue weighted by molar-refractivity contribution is 6.14. The van der Waals surface area contributed by atoms with Crippen LogP contribution in [-0.4, -0.2) is 33.8 Å². The minimum absolute atomic E-state index is 0.120. The van der Waals surface area contributed by atoms with Crippen LogP contribution in [0.1, 0.15) is 38.5 Å². The lowest BCUT2D eigenvalue weighted by Crippen LogP contribution is -2.23. The van der Waals surface area contributed by atoms with Gasteiger partial charge in [0.2, 0.25) is 0 Å². The van der Waals surface area contributed by atoms with Gasteiger partial charge in [-0.2, -0.15) is 0 Å². The highest BCUT2D eigenvalue weighted by Crippen LogP contribution is 2.20. The Hall–Kier alpha value is -4.59. The van der Waals surface area contributed by atoms with Gasteiger partial charge in [0.05, 0.1) is 22.2 Å². The fourth-order valence-electron chi connectivity index (χ4n) is 4.15. The van der Waals surface area contributed by atoms with Gasteiger partial charge in [0.25, 0.3) is 11.5 Å². The number of aromatic nitrogens is 2. The molecule has 8 heteroatoms. The van der Waals surface area contributed by atoms with E-state index in [0.717, 1.165) is 6.42 Å². The van der Waals surface area contributed by atoms with Crippen molar-refractivity contribution in [2.24, 2.45) is 0 Å². The van der Waals surface area contributed by atoms with E-state index in [-0.39, 0.29) is 16.9 Å². The van der Waals surface area contributed by atoms with Gasteiger partial charge in [-0.25, -0.2) is 9.78 Å². The molecule has 8 nitrogen and oxygen atoms in total. The predicted molar refractivity (Wildman–Crippen MR) is 130 cm³/mol. The number of amides is 1. The third-order valence-electron chi connectivity index (χ3n) is 5.87. The number of carbonyl (C=O) groups is 3. The number of rotatable bonds is 6. The monoisotopic (exact) mass is 467 g/mol. The molecule has 0 atom stereocenters. The largest absolute Gasteiger partial charge is 0.452 e. The summed E-state index contributed by atoms with van der Waals surface area (Å²) in [7, 11) is 0. The van der Waals surface area contributed by atoms with Gasteiger partial charge in [-0.1, -0.05) is 42.5 Å². The van der Waals surface area contributed by atoms with E-state index in [1.165, 1.54) is 12.1 Å². The first-order valence-electron chi connectivity index (χ1n) is 11.2.